The van der Waals surface area contributed by atoms with Crippen molar-refractivity contribution in [1.82, 2.24) is 25.0 Å². The van der Waals surface area contributed by atoms with Crippen LogP contribution in [0.5, 0.6) is 0 Å². The fourth-order valence-corrected chi connectivity index (χ4v) is 4.96. The number of hydrogen-bond acceptors (Lipinski definition) is 4. The fourth-order valence-electron chi connectivity index (χ4n) is 4.96. The molecule has 6 nitrogen and oxygen atoms in total. The minimum Gasteiger partial charge on any atom is -0.333 e. The van der Waals surface area contributed by atoms with Gasteiger partial charge in [-0.2, -0.15) is 5.10 Å². The SMILES string of the molecule is Cc1cc(C(=O)N(Cc2cccnc2)CC2CCCN(C3CCCCC3)C2)n[nH]1. The second-order valence-corrected chi connectivity index (χ2v) is 8.78. The predicted octanol–water partition coefficient (Wildman–Crippen LogP) is 3.80. The van der Waals surface area contributed by atoms with Crippen molar-refractivity contribution in [3.63, 3.8) is 0 Å². The van der Waals surface area contributed by atoms with E-state index in [2.05, 4.69) is 20.1 Å². The first kappa shape index (κ1) is 20.1. The summed E-state index contributed by atoms with van der Waals surface area (Å²) in [4.78, 5) is 22.1. The molecule has 0 bridgehead atoms. The Hall–Kier alpha value is -2.21. The molecule has 29 heavy (non-hydrogen) atoms. The molecule has 2 aromatic rings. The number of aromatic nitrogens is 3. The number of piperidine rings is 1. The molecule has 1 unspecified atom stereocenters. The summed E-state index contributed by atoms with van der Waals surface area (Å²) < 4.78 is 0. The second-order valence-electron chi connectivity index (χ2n) is 8.78. The molecular formula is C23H33N5O. The molecule has 3 heterocycles. The Morgan fingerprint density at radius 2 is 2.10 bits per heavy atom. The number of hydrogen-bond donors (Lipinski definition) is 1. The van der Waals surface area contributed by atoms with Gasteiger partial charge in [-0.3, -0.25) is 14.9 Å². The maximum absolute atomic E-state index is 13.2. The third-order valence-electron chi connectivity index (χ3n) is 6.43. The third-order valence-corrected chi connectivity index (χ3v) is 6.43. The minimum atomic E-state index is 0.00740. The van der Waals surface area contributed by atoms with Gasteiger partial charge in [0.2, 0.25) is 0 Å². The molecule has 1 aliphatic heterocycles. The molecule has 1 aliphatic carbocycles. The topological polar surface area (TPSA) is 65.1 Å². The highest BCUT2D eigenvalue weighted by Gasteiger charge is 2.29. The number of likely N-dealkylation sites (tertiary alicyclic amines) is 1. The van der Waals surface area contributed by atoms with Crippen LogP contribution in [-0.2, 0) is 6.54 Å². The van der Waals surface area contributed by atoms with Crippen molar-refractivity contribution in [3.05, 3.63) is 47.5 Å². The van der Waals surface area contributed by atoms with Crippen LogP contribution in [0.25, 0.3) is 0 Å². The van der Waals surface area contributed by atoms with E-state index in [9.17, 15) is 4.79 Å². The number of carbonyl (C=O) groups excluding carboxylic acids is 1. The Bertz CT molecular complexity index is 784. The molecule has 0 spiro atoms. The molecule has 2 fully saturated rings. The van der Waals surface area contributed by atoms with Crippen LogP contribution in [-0.4, -0.2) is 56.6 Å². The van der Waals surface area contributed by atoms with Gasteiger partial charge in [-0.15, -0.1) is 0 Å². The highest BCUT2D eigenvalue weighted by Crippen LogP contribution is 2.28. The first-order valence-corrected chi connectivity index (χ1v) is 11.1. The summed E-state index contributed by atoms with van der Waals surface area (Å²) in [5.41, 5.74) is 2.48. The molecule has 1 saturated heterocycles. The zero-order valence-electron chi connectivity index (χ0n) is 17.5. The van der Waals surface area contributed by atoms with Crippen molar-refractivity contribution in [1.29, 1.82) is 0 Å². The summed E-state index contributed by atoms with van der Waals surface area (Å²) in [5.74, 6) is 0.527. The van der Waals surface area contributed by atoms with E-state index in [0.29, 0.717) is 18.2 Å². The summed E-state index contributed by atoms with van der Waals surface area (Å²) in [6.45, 7) is 5.62. The number of rotatable bonds is 6. The van der Waals surface area contributed by atoms with Gasteiger partial charge in [-0.1, -0.05) is 25.3 Å². The maximum atomic E-state index is 13.2. The van der Waals surface area contributed by atoms with Gasteiger partial charge in [0, 0.05) is 43.8 Å². The third kappa shape index (κ3) is 5.24. The molecule has 0 radical (unpaired) electrons. The smallest absolute Gasteiger partial charge is 0.274 e. The van der Waals surface area contributed by atoms with Gasteiger partial charge in [0.25, 0.3) is 5.91 Å². The summed E-state index contributed by atoms with van der Waals surface area (Å²) >= 11 is 0. The van der Waals surface area contributed by atoms with Gasteiger partial charge in [-0.25, -0.2) is 0 Å². The Balaban J connectivity index is 1.46. The summed E-state index contributed by atoms with van der Waals surface area (Å²) in [5, 5.41) is 7.12. The van der Waals surface area contributed by atoms with E-state index >= 15 is 0 Å². The first-order chi connectivity index (χ1) is 14.2. The quantitative estimate of drug-likeness (QED) is 0.808. The summed E-state index contributed by atoms with van der Waals surface area (Å²) in [6.07, 6.45) is 12.9. The molecule has 2 aliphatic rings. The average Bonchev–Trinajstić information content (AvgIpc) is 3.21. The average molecular weight is 396 g/mol. The van der Waals surface area contributed by atoms with Crippen molar-refractivity contribution in [2.45, 2.75) is 64.5 Å². The predicted molar refractivity (Wildman–Crippen MR) is 113 cm³/mol. The Morgan fingerprint density at radius 3 is 2.83 bits per heavy atom. The van der Waals surface area contributed by atoms with Crippen LogP contribution in [0.15, 0.2) is 30.6 Å². The largest absolute Gasteiger partial charge is 0.333 e. The van der Waals surface area contributed by atoms with Crippen molar-refractivity contribution >= 4 is 5.91 Å². The van der Waals surface area contributed by atoms with Crippen molar-refractivity contribution < 1.29 is 4.79 Å². The van der Waals surface area contributed by atoms with Gasteiger partial charge in [0.15, 0.2) is 0 Å². The highest BCUT2D eigenvalue weighted by atomic mass is 16.2. The van der Waals surface area contributed by atoms with E-state index in [1.807, 2.05) is 36.2 Å². The van der Waals surface area contributed by atoms with E-state index in [0.717, 1.165) is 30.4 Å². The molecule has 1 N–H and O–H groups in total. The van der Waals surface area contributed by atoms with Gasteiger partial charge in [0.1, 0.15) is 5.69 Å². The molecule has 1 amide bonds. The molecule has 156 valence electrons. The lowest BCUT2D eigenvalue weighted by molar-refractivity contribution is 0.0579. The standard InChI is InChI=1S/C23H33N5O/c1-18-13-22(26-25-18)23(29)28(15-19-7-5-11-24-14-19)17-20-8-6-12-27(16-20)21-9-3-2-4-10-21/h5,7,11,13-14,20-21H,2-4,6,8-10,12,15-17H2,1H3,(H,25,26). The zero-order valence-corrected chi connectivity index (χ0v) is 17.5. The molecule has 1 saturated carbocycles. The van der Waals surface area contributed by atoms with E-state index in [-0.39, 0.29) is 5.91 Å². The number of nitrogens with one attached hydrogen (secondary N) is 1. The molecule has 2 aromatic heterocycles. The molecule has 0 aromatic carbocycles. The summed E-state index contributed by atoms with van der Waals surface area (Å²) in [7, 11) is 0. The number of nitrogens with zero attached hydrogens (tertiary/aromatic N) is 4. The number of aromatic amines is 1. The minimum absolute atomic E-state index is 0.00740. The number of pyridine rings is 1. The van der Waals surface area contributed by atoms with Crippen LogP contribution >= 0.6 is 0 Å². The van der Waals surface area contributed by atoms with Crippen molar-refractivity contribution in [3.8, 4) is 0 Å². The zero-order chi connectivity index (χ0) is 20.1. The maximum Gasteiger partial charge on any atom is 0.274 e. The van der Waals surface area contributed by atoms with Gasteiger partial charge in [-0.05, 0) is 62.8 Å². The number of amides is 1. The molecule has 1 atom stereocenters. The first-order valence-electron chi connectivity index (χ1n) is 11.1. The van der Waals surface area contributed by atoms with E-state index in [1.165, 1.54) is 51.5 Å². The highest BCUT2D eigenvalue weighted by molar-refractivity contribution is 5.92. The van der Waals surface area contributed by atoms with Crippen LogP contribution < -0.4 is 0 Å². The van der Waals surface area contributed by atoms with Crippen molar-refractivity contribution in [2.24, 2.45) is 5.92 Å². The summed E-state index contributed by atoms with van der Waals surface area (Å²) in [6, 6.07) is 6.57. The Morgan fingerprint density at radius 1 is 1.24 bits per heavy atom. The van der Waals surface area contributed by atoms with Crippen LogP contribution in [0.4, 0.5) is 0 Å². The lowest BCUT2D eigenvalue weighted by Gasteiger charge is -2.41. The van der Waals surface area contributed by atoms with E-state index in [4.69, 9.17) is 0 Å². The van der Waals surface area contributed by atoms with Gasteiger partial charge >= 0.3 is 0 Å². The second kappa shape index (κ2) is 9.53. The van der Waals surface area contributed by atoms with Gasteiger partial charge in [0.05, 0.1) is 0 Å². The Labute approximate surface area is 173 Å². The molecule has 6 heteroatoms. The van der Waals surface area contributed by atoms with E-state index in [1.54, 1.807) is 6.20 Å². The molecular weight excluding hydrogens is 362 g/mol. The number of aryl methyl sites for hydroxylation is 1. The lowest BCUT2D eigenvalue weighted by Crippen LogP contribution is -2.47. The van der Waals surface area contributed by atoms with Crippen LogP contribution in [0.1, 0.15) is 66.7 Å². The fraction of sp³-hybridized carbons (Fsp3) is 0.609. The van der Waals surface area contributed by atoms with Crippen LogP contribution in [0.3, 0.4) is 0 Å². The van der Waals surface area contributed by atoms with E-state index < -0.39 is 0 Å². The molecule has 4 rings (SSSR count). The van der Waals surface area contributed by atoms with Crippen molar-refractivity contribution in [2.75, 3.05) is 19.6 Å². The number of H-pyrrole nitrogens is 1. The normalized spacial score (nSPS) is 21.2. The Kier molecular flexibility index (Phi) is 6.60. The van der Waals surface area contributed by atoms with Crippen LogP contribution in [0, 0.1) is 12.8 Å². The van der Waals surface area contributed by atoms with Crippen LogP contribution in [0.2, 0.25) is 0 Å². The monoisotopic (exact) mass is 395 g/mol. The lowest BCUT2D eigenvalue weighted by atomic mass is 9.90. The van der Waals surface area contributed by atoms with Gasteiger partial charge < -0.3 is 9.80 Å². The number of carbonyl (C=O) groups is 1.